The van der Waals surface area contributed by atoms with E-state index >= 15 is 0 Å². The number of fused-ring (bicyclic) bond motifs is 1. The Labute approximate surface area is 284 Å². The second-order valence-corrected chi connectivity index (χ2v) is 15.5. The standard InChI is InChI=1S/C39H51N3O6/c1-37(2,3)39(38(4,5)6)30(10-9-19-42(39)36(43)44)28-20-31(41-35-29(28)23-46-24-40-35)34-32(47-21-25-13-14-25)11-8-12-33(34)48-22-26-15-17-27(45-7)18-16-26/h8,11-12,15-18,20,25,30H,9-10,13-14,19,21-24H2,1-7H3,(H,40,41)(H,43,44)/p-1. The van der Waals surface area contributed by atoms with E-state index in [-0.39, 0.29) is 5.92 Å². The number of piperidine rings is 1. The monoisotopic (exact) mass is 656 g/mol. The molecular weight excluding hydrogens is 606 g/mol. The average Bonchev–Trinajstić information content (AvgIpc) is 3.89. The number of hydrogen-bond donors (Lipinski definition) is 1. The number of pyridine rings is 1. The average molecular weight is 657 g/mol. The summed E-state index contributed by atoms with van der Waals surface area (Å²) < 4.78 is 24.3. The number of ether oxygens (including phenoxy) is 4. The molecule has 3 aliphatic rings. The number of rotatable bonds is 9. The fourth-order valence-electron chi connectivity index (χ4n) is 8.60. The Balaban J connectivity index is 1.52. The molecule has 1 aliphatic carbocycles. The number of methoxy groups -OCH3 is 1. The van der Waals surface area contributed by atoms with Gasteiger partial charge < -0.3 is 39.1 Å². The van der Waals surface area contributed by atoms with E-state index in [2.05, 4.69) is 52.9 Å². The number of aromatic nitrogens is 1. The SMILES string of the molecule is COc1ccc(COc2cccc(OCC3CC3)c2-c2cc(C3CCCN(C(=O)[O-])C3(C(C)(C)C)C(C)(C)C)c3c(n2)NCOC3)cc1. The lowest BCUT2D eigenvalue weighted by atomic mass is 9.50. The van der Waals surface area contributed by atoms with Crippen LogP contribution in [0.15, 0.2) is 48.5 Å². The Morgan fingerprint density at radius 1 is 1.02 bits per heavy atom. The number of nitrogens with one attached hydrogen (secondary N) is 1. The lowest BCUT2D eigenvalue weighted by Crippen LogP contribution is -2.72. The minimum atomic E-state index is -1.13. The lowest BCUT2D eigenvalue weighted by Gasteiger charge is -2.66. The number of anilines is 1. The highest BCUT2D eigenvalue weighted by molar-refractivity contribution is 5.77. The third-order valence-electron chi connectivity index (χ3n) is 10.4. The van der Waals surface area contributed by atoms with Crippen LogP contribution in [0.3, 0.4) is 0 Å². The summed E-state index contributed by atoms with van der Waals surface area (Å²) in [5.41, 5.74) is 2.85. The highest BCUT2D eigenvalue weighted by Gasteiger charge is 2.61. The second-order valence-electron chi connectivity index (χ2n) is 15.5. The molecule has 258 valence electrons. The van der Waals surface area contributed by atoms with Gasteiger partial charge >= 0.3 is 0 Å². The molecule has 1 aromatic heterocycles. The van der Waals surface area contributed by atoms with Crippen molar-refractivity contribution in [3.05, 3.63) is 65.2 Å². The van der Waals surface area contributed by atoms with Crippen LogP contribution in [0.4, 0.5) is 10.6 Å². The van der Waals surface area contributed by atoms with Crippen molar-refractivity contribution in [2.75, 3.05) is 32.3 Å². The Bertz CT molecular complexity index is 1610. The number of nitrogens with zero attached hydrogens (tertiary/aromatic N) is 2. The van der Waals surface area contributed by atoms with Crippen LogP contribution < -0.4 is 24.6 Å². The van der Waals surface area contributed by atoms with Crippen LogP contribution in [0, 0.1) is 16.7 Å². The summed E-state index contributed by atoms with van der Waals surface area (Å²) in [6.07, 6.45) is 2.76. The molecule has 48 heavy (non-hydrogen) atoms. The van der Waals surface area contributed by atoms with Crippen molar-refractivity contribution in [1.82, 2.24) is 9.88 Å². The molecule has 1 unspecified atom stereocenters. The number of benzene rings is 2. The molecule has 0 bridgehead atoms. The molecule has 1 amide bonds. The summed E-state index contributed by atoms with van der Waals surface area (Å²) in [6, 6.07) is 15.9. The van der Waals surface area contributed by atoms with E-state index in [9.17, 15) is 9.90 Å². The highest BCUT2D eigenvalue weighted by Crippen LogP contribution is 2.60. The number of carbonyl (C=O) groups excluding carboxylic acids is 1. The van der Waals surface area contributed by atoms with Crippen LogP contribution >= 0.6 is 0 Å². The van der Waals surface area contributed by atoms with Crippen molar-refractivity contribution in [1.29, 1.82) is 0 Å². The van der Waals surface area contributed by atoms with Gasteiger partial charge in [0.2, 0.25) is 0 Å². The fourth-order valence-corrected chi connectivity index (χ4v) is 8.60. The van der Waals surface area contributed by atoms with Crippen molar-refractivity contribution in [3.8, 4) is 28.5 Å². The Morgan fingerprint density at radius 2 is 1.71 bits per heavy atom. The van der Waals surface area contributed by atoms with Crippen LogP contribution in [0.1, 0.15) is 89.8 Å². The van der Waals surface area contributed by atoms with Gasteiger partial charge in [-0.15, -0.1) is 0 Å². The predicted molar refractivity (Wildman–Crippen MR) is 184 cm³/mol. The largest absolute Gasteiger partial charge is 0.530 e. The minimum Gasteiger partial charge on any atom is -0.530 e. The molecule has 2 fully saturated rings. The summed E-state index contributed by atoms with van der Waals surface area (Å²) in [7, 11) is 1.65. The molecule has 0 radical (unpaired) electrons. The zero-order valence-electron chi connectivity index (χ0n) is 29.5. The van der Waals surface area contributed by atoms with Gasteiger partial charge in [0.25, 0.3) is 0 Å². The molecule has 6 rings (SSSR count). The van der Waals surface area contributed by atoms with E-state index in [1.54, 1.807) is 12.0 Å². The van der Waals surface area contributed by atoms with Gasteiger partial charge in [-0.3, -0.25) is 0 Å². The quantitative estimate of drug-likeness (QED) is 0.255. The first-order valence-electron chi connectivity index (χ1n) is 17.2. The van der Waals surface area contributed by atoms with Gasteiger partial charge in [0.15, 0.2) is 0 Å². The lowest BCUT2D eigenvalue weighted by molar-refractivity contribution is -0.285. The molecule has 2 aliphatic heterocycles. The molecule has 9 nitrogen and oxygen atoms in total. The Hall–Kier alpha value is -3.98. The van der Waals surface area contributed by atoms with E-state index in [4.69, 9.17) is 23.9 Å². The molecule has 3 heterocycles. The third-order valence-corrected chi connectivity index (χ3v) is 10.4. The maximum absolute atomic E-state index is 13.0. The molecular formula is C39H50N3O6-. The first-order valence-corrected chi connectivity index (χ1v) is 17.2. The third kappa shape index (κ3) is 6.29. The van der Waals surface area contributed by atoms with Crippen molar-refractivity contribution in [2.45, 2.75) is 91.9 Å². The van der Waals surface area contributed by atoms with Crippen molar-refractivity contribution in [2.24, 2.45) is 16.7 Å². The summed E-state index contributed by atoms with van der Waals surface area (Å²) in [4.78, 5) is 19.8. The topological polar surface area (TPSA) is 105 Å². The normalized spacial score (nSPS) is 19.2. The first-order chi connectivity index (χ1) is 22.8. The number of hydrogen-bond acceptors (Lipinski definition) is 8. The van der Waals surface area contributed by atoms with Gasteiger partial charge in [-0.2, -0.15) is 0 Å². The van der Waals surface area contributed by atoms with E-state index in [1.807, 2.05) is 42.5 Å². The minimum absolute atomic E-state index is 0.161. The highest BCUT2D eigenvalue weighted by atomic mass is 16.5. The van der Waals surface area contributed by atoms with Crippen molar-refractivity contribution >= 4 is 11.9 Å². The number of amides is 1. The molecule has 1 atom stereocenters. The zero-order valence-corrected chi connectivity index (χ0v) is 29.5. The molecule has 1 saturated carbocycles. The second kappa shape index (κ2) is 13.1. The molecule has 3 aromatic rings. The molecule has 9 heteroatoms. The summed E-state index contributed by atoms with van der Waals surface area (Å²) in [5.74, 6) is 3.32. The van der Waals surface area contributed by atoms with Crippen LogP contribution in [-0.4, -0.2) is 48.5 Å². The fraction of sp³-hybridized carbons (Fsp3) is 0.538. The molecule has 2 aromatic carbocycles. The predicted octanol–water partition coefficient (Wildman–Crippen LogP) is 7.38. The van der Waals surface area contributed by atoms with Gasteiger partial charge in [-0.1, -0.05) is 59.7 Å². The summed E-state index contributed by atoms with van der Waals surface area (Å²) in [6.45, 7) is 15.1. The van der Waals surface area contributed by atoms with Crippen molar-refractivity contribution < 1.29 is 28.8 Å². The van der Waals surface area contributed by atoms with Gasteiger partial charge in [0.1, 0.15) is 42.5 Å². The van der Waals surface area contributed by atoms with Gasteiger partial charge in [-0.05, 0) is 83.9 Å². The number of carboxylic acid groups (broad SMARTS) is 1. The van der Waals surface area contributed by atoms with E-state index in [0.29, 0.717) is 44.8 Å². The molecule has 1 saturated heterocycles. The van der Waals surface area contributed by atoms with Crippen LogP contribution in [-0.2, 0) is 18.0 Å². The van der Waals surface area contributed by atoms with E-state index in [1.165, 1.54) is 12.8 Å². The molecule has 1 N–H and O–H groups in total. The first kappa shape index (κ1) is 33.9. The van der Waals surface area contributed by atoms with Crippen LogP contribution in [0.5, 0.6) is 17.2 Å². The smallest absolute Gasteiger partial charge is 0.137 e. The number of carbonyl (C=O) groups is 1. The van der Waals surface area contributed by atoms with E-state index in [0.717, 1.165) is 58.1 Å². The summed E-state index contributed by atoms with van der Waals surface area (Å²) in [5, 5.41) is 16.4. The van der Waals surface area contributed by atoms with Gasteiger partial charge in [0, 0.05) is 18.0 Å². The van der Waals surface area contributed by atoms with Crippen LogP contribution in [0.25, 0.3) is 11.3 Å². The van der Waals surface area contributed by atoms with Gasteiger partial charge in [-0.25, -0.2) is 4.98 Å². The molecule has 0 spiro atoms. The summed E-state index contributed by atoms with van der Waals surface area (Å²) >= 11 is 0. The van der Waals surface area contributed by atoms with E-state index < -0.39 is 22.5 Å². The van der Waals surface area contributed by atoms with Crippen LogP contribution in [0.2, 0.25) is 0 Å². The Kier molecular flexibility index (Phi) is 9.28. The maximum Gasteiger partial charge on any atom is 0.137 e. The Morgan fingerprint density at radius 3 is 2.33 bits per heavy atom. The zero-order chi connectivity index (χ0) is 34.3. The van der Waals surface area contributed by atoms with Gasteiger partial charge in [0.05, 0.1) is 37.1 Å². The van der Waals surface area contributed by atoms with Crippen molar-refractivity contribution in [3.63, 3.8) is 0 Å². The maximum atomic E-state index is 13.0. The number of likely N-dealkylation sites (tertiary alicyclic amines) is 1.